The molecule has 6 nitrogen and oxygen atoms in total. The van der Waals surface area contributed by atoms with Crippen LogP contribution in [0.1, 0.15) is 39.9 Å². The predicted octanol–water partition coefficient (Wildman–Crippen LogP) is 5.42. The van der Waals surface area contributed by atoms with Gasteiger partial charge in [-0.05, 0) is 60.9 Å². The first-order chi connectivity index (χ1) is 15.9. The molecule has 4 rings (SSSR count). The number of aryl methyl sites for hydroxylation is 2. The molecule has 0 aliphatic carbocycles. The van der Waals surface area contributed by atoms with E-state index in [1.165, 1.54) is 29.8 Å². The number of furan rings is 2. The summed E-state index contributed by atoms with van der Waals surface area (Å²) in [5, 5.41) is -0.264. The van der Waals surface area contributed by atoms with Crippen LogP contribution in [0.3, 0.4) is 0 Å². The van der Waals surface area contributed by atoms with Crippen LogP contribution in [-0.4, -0.2) is 19.2 Å². The van der Waals surface area contributed by atoms with Gasteiger partial charge in [0.2, 0.25) is 14.9 Å². The van der Waals surface area contributed by atoms with E-state index in [2.05, 4.69) is 6.92 Å². The van der Waals surface area contributed by atoms with Gasteiger partial charge in [0.15, 0.2) is 5.76 Å². The molecule has 0 N–H and O–H groups in total. The number of carbonyl (C=O) groups is 1. The smallest absolute Gasteiger partial charge is 0.290 e. The van der Waals surface area contributed by atoms with Crippen molar-refractivity contribution in [2.75, 3.05) is 0 Å². The minimum absolute atomic E-state index is 0.0441. The number of sulfone groups is 1. The Balaban J connectivity index is 1.60. The molecule has 1 amide bonds. The Kier molecular flexibility index (Phi) is 6.51. The van der Waals surface area contributed by atoms with Gasteiger partial charge in [-0.2, -0.15) is 0 Å². The summed E-state index contributed by atoms with van der Waals surface area (Å²) in [6, 6.07) is 20.8. The molecule has 7 heteroatoms. The van der Waals surface area contributed by atoms with Crippen LogP contribution in [0.4, 0.5) is 0 Å². The highest BCUT2D eigenvalue weighted by Crippen LogP contribution is 2.25. The highest BCUT2D eigenvalue weighted by Gasteiger charge is 2.26. The summed E-state index contributed by atoms with van der Waals surface area (Å²) in [5.41, 5.74) is 3.11. The van der Waals surface area contributed by atoms with Crippen molar-refractivity contribution in [3.05, 3.63) is 107 Å². The van der Waals surface area contributed by atoms with Crippen LogP contribution >= 0.6 is 0 Å². The van der Waals surface area contributed by atoms with E-state index in [9.17, 15) is 13.2 Å². The van der Waals surface area contributed by atoms with Gasteiger partial charge in [-0.3, -0.25) is 4.79 Å². The number of benzene rings is 2. The first kappa shape index (κ1) is 22.6. The fourth-order valence-corrected chi connectivity index (χ4v) is 4.63. The second kappa shape index (κ2) is 9.50. The Hall–Kier alpha value is -3.58. The normalized spacial score (nSPS) is 11.5. The van der Waals surface area contributed by atoms with Gasteiger partial charge in [0.05, 0.1) is 17.7 Å². The zero-order valence-corrected chi connectivity index (χ0v) is 19.3. The van der Waals surface area contributed by atoms with E-state index in [0.29, 0.717) is 12.3 Å². The highest BCUT2D eigenvalue weighted by atomic mass is 32.2. The lowest BCUT2D eigenvalue weighted by Crippen LogP contribution is -2.29. The van der Waals surface area contributed by atoms with Crippen LogP contribution in [0.5, 0.6) is 0 Å². The summed E-state index contributed by atoms with van der Waals surface area (Å²) in [6.07, 6.45) is 2.48. The molecule has 2 heterocycles. The third kappa shape index (κ3) is 5.09. The Labute approximate surface area is 193 Å². The molecule has 2 aromatic carbocycles. The quantitative estimate of drug-likeness (QED) is 0.349. The molecule has 4 aromatic rings. The number of amides is 1. The Morgan fingerprint density at radius 1 is 0.879 bits per heavy atom. The first-order valence-corrected chi connectivity index (χ1v) is 12.2. The van der Waals surface area contributed by atoms with Gasteiger partial charge in [-0.25, -0.2) is 8.42 Å². The van der Waals surface area contributed by atoms with Gasteiger partial charge in [-0.1, -0.05) is 48.9 Å². The molecule has 170 valence electrons. The predicted molar refractivity (Wildman–Crippen MR) is 123 cm³/mol. The topological polar surface area (TPSA) is 80.7 Å². The van der Waals surface area contributed by atoms with E-state index in [0.717, 1.165) is 17.5 Å². The van der Waals surface area contributed by atoms with Crippen molar-refractivity contribution in [2.45, 2.75) is 43.3 Å². The average Bonchev–Trinajstić information content (AvgIpc) is 3.52. The van der Waals surface area contributed by atoms with Gasteiger partial charge in [0.1, 0.15) is 5.76 Å². The minimum Gasteiger partial charge on any atom is -0.467 e. The van der Waals surface area contributed by atoms with Crippen molar-refractivity contribution in [3.63, 3.8) is 0 Å². The third-order valence-corrected chi connectivity index (χ3v) is 7.05. The van der Waals surface area contributed by atoms with Crippen LogP contribution < -0.4 is 0 Å². The lowest BCUT2D eigenvalue weighted by molar-refractivity contribution is 0.0679. The van der Waals surface area contributed by atoms with Crippen molar-refractivity contribution in [1.82, 2.24) is 4.90 Å². The summed E-state index contributed by atoms with van der Waals surface area (Å²) >= 11 is 0. The zero-order valence-electron chi connectivity index (χ0n) is 18.5. The van der Waals surface area contributed by atoms with E-state index in [1.54, 1.807) is 35.4 Å². The number of hydrogen-bond donors (Lipinski definition) is 0. The summed E-state index contributed by atoms with van der Waals surface area (Å²) in [4.78, 5) is 15.0. The molecule has 0 unspecified atom stereocenters. The molecule has 0 saturated carbocycles. The summed E-state index contributed by atoms with van der Waals surface area (Å²) in [5.74, 6) is 0.154. The van der Waals surface area contributed by atoms with E-state index in [4.69, 9.17) is 8.83 Å². The number of hydrogen-bond acceptors (Lipinski definition) is 5. The molecule has 0 saturated heterocycles. The van der Waals surface area contributed by atoms with E-state index >= 15 is 0 Å². The lowest BCUT2D eigenvalue weighted by atomic mass is 10.1. The number of rotatable bonds is 8. The summed E-state index contributed by atoms with van der Waals surface area (Å²) in [7, 11) is -3.87. The second-order valence-corrected chi connectivity index (χ2v) is 9.73. The molecule has 0 aliphatic heterocycles. The zero-order chi connectivity index (χ0) is 23.4. The monoisotopic (exact) mass is 463 g/mol. The van der Waals surface area contributed by atoms with Gasteiger partial charge < -0.3 is 13.7 Å². The van der Waals surface area contributed by atoms with E-state index in [1.807, 2.05) is 31.2 Å². The minimum atomic E-state index is -3.87. The molecule has 0 spiro atoms. The standard InChI is InChI=1S/C26H25NO5S/c1-3-20-8-10-21(11-9-20)17-27(18-22-5-4-16-31-22)26(28)24-14-15-25(32-24)33(29,30)23-12-6-19(2)7-13-23/h4-16H,3,17-18H2,1-2H3. The summed E-state index contributed by atoms with van der Waals surface area (Å²) in [6.45, 7) is 4.51. The second-order valence-electron chi connectivity index (χ2n) is 7.85. The maximum atomic E-state index is 13.3. The van der Waals surface area contributed by atoms with Crippen LogP contribution in [0.15, 0.2) is 97.9 Å². The van der Waals surface area contributed by atoms with Crippen molar-refractivity contribution in [2.24, 2.45) is 0 Å². The van der Waals surface area contributed by atoms with Crippen LogP contribution in [0.25, 0.3) is 0 Å². The molecule has 2 aromatic heterocycles. The van der Waals surface area contributed by atoms with Gasteiger partial charge in [0.25, 0.3) is 5.91 Å². The van der Waals surface area contributed by atoms with Crippen LogP contribution in [0.2, 0.25) is 0 Å². The highest BCUT2D eigenvalue weighted by molar-refractivity contribution is 7.91. The Bertz CT molecular complexity index is 1320. The molecular formula is C26H25NO5S. The van der Waals surface area contributed by atoms with Crippen molar-refractivity contribution in [1.29, 1.82) is 0 Å². The molecule has 0 bridgehead atoms. The van der Waals surface area contributed by atoms with Gasteiger partial charge in [-0.15, -0.1) is 0 Å². The van der Waals surface area contributed by atoms with Gasteiger partial charge in [0, 0.05) is 6.54 Å². The van der Waals surface area contributed by atoms with Gasteiger partial charge >= 0.3 is 0 Å². The van der Waals surface area contributed by atoms with Crippen molar-refractivity contribution < 1.29 is 22.0 Å². The molecular weight excluding hydrogens is 438 g/mol. The lowest BCUT2D eigenvalue weighted by Gasteiger charge is -2.21. The number of nitrogens with zero attached hydrogens (tertiary/aromatic N) is 1. The maximum Gasteiger partial charge on any atom is 0.290 e. The third-order valence-electron chi connectivity index (χ3n) is 5.41. The van der Waals surface area contributed by atoms with Crippen molar-refractivity contribution >= 4 is 15.7 Å². The largest absolute Gasteiger partial charge is 0.467 e. The SMILES string of the molecule is CCc1ccc(CN(Cc2ccco2)C(=O)c2ccc(S(=O)(=O)c3ccc(C)cc3)o2)cc1. The average molecular weight is 464 g/mol. The molecule has 0 aliphatic rings. The van der Waals surface area contributed by atoms with Crippen LogP contribution in [0, 0.1) is 6.92 Å². The molecule has 0 radical (unpaired) electrons. The van der Waals surface area contributed by atoms with E-state index in [-0.39, 0.29) is 22.3 Å². The molecule has 33 heavy (non-hydrogen) atoms. The first-order valence-electron chi connectivity index (χ1n) is 10.7. The maximum absolute atomic E-state index is 13.3. The molecule has 0 fully saturated rings. The number of carbonyl (C=O) groups excluding carboxylic acids is 1. The van der Waals surface area contributed by atoms with Crippen LogP contribution in [-0.2, 0) is 29.3 Å². The van der Waals surface area contributed by atoms with Crippen molar-refractivity contribution in [3.8, 4) is 0 Å². The van der Waals surface area contributed by atoms with E-state index < -0.39 is 15.7 Å². The Morgan fingerprint density at radius 2 is 1.58 bits per heavy atom. The molecule has 0 atom stereocenters. The fraction of sp³-hybridized carbons (Fsp3) is 0.192. The Morgan fingerprint density at radius 3 is 2.21 bits per heavy atom. The summed E-state index contributed by atoms with van der Waals surface area (Å²) < 4.78 is 36.8. The fourth-order valence-electron chi connectivity index (χ4n) is 3.46.